The van der Waals surface area contributed by atoms with E-state index in [0.29, 0.717) is 6.61 Å². The highest BCUT2D eigenvalue weighted by Gasteiger charge is 2.28. The molecule has 32 heavy (non-hydrogen) atoms. The molecule has 0 fully saturated rings. The van der Waals surface area contributed by atoms with E-state index < -0.39 is 0 Å². The standard InChI is InChI=1S/C28H30N2O2/c1-17-14-25(31-4)18(2)19(3)26(17)28-27-22(12-13-29-28)23-15-21(10-11-24(23)30-27)32-16-20-8-6-5-7-9-20/h5-11,14-15,28-30H,12-13,16H2,1-4H3. The van der Waals surface area contributed by atoms with E-state index in [-0.39, 0.29) is 6.04 Å². The van der Waals surface area contributed by atoms with Crippen LogP contribution in [0.15, 0.2) is 54.6 Å². The van der Waals surface area contributed by atoms with Crippen molar-refractivity contribution in [2.45, 2.75) is 39.8 Å². The largest absolute Gasteiger partial charge is 0.496 e. The van der Waals surface area contributed by atoms with Crippen LogP contribution in [0.1, 0.15) is 45.1 Å². The number of benzene rings is 3. The zero-order valence-electron chi connectivity index (χ0n) is 19.2. The fourth-order valence-corrected chi connectivity index (χ4v) is 5.01. The first kappa shape index (κ1) is 20.7. The van der Waals surface area contributed by atoms with Gasteiger partial charge in [0, 0.05) is 23.1 Å². The molecular formula is C28H30N2O2. The van der Waals surface area contributed by atoms with Crippen molar-refractivity contribution >= 4 is 10.9 Å². The van der Waals surface area contributed by atoms with Crippen LogP contribution >= 0.6 is 0 Å². The molecular weight excluding hydrogens is 396 g/mol. The van der Waals surface area contributed by atoms with Crippen LogP contribution < -0.4 is 14.8 Å². The second-order valence-corrected chi connectivity index (χ2v) is 8.70. The van der Waals surface area contributed by atoms with E-state index in [1.54, 1.807) is 7.11 Å². The summed E-state index contributed by atoms with van der Waals surface area (Å²) in [6.07, 6.45) is 1.00. The van der Waals surface area contributed by atoms with E-state index in [4.69, 9.17) is 9.47 Å². The summed E-state index contributed by atoms with van der Waals surface area (Å²) < 4.78 is 11.7. The molecule has 1 unspecified atom stereocenters. The van der Waals surface area contributed by atoms with E-state index in [1.807, 2.05) is 18.2 Å². The Labute approximate surface area is 189 Å². The summed E-state index contributed by atoms with van der Waals surface area (Å²) in [5, 5.41) is 5.02. The van der Waals surface area contributed by atoms with Crippen LogP contribution in [-0.2, 0) is 13.0 Å². The van der Waals surface area contributed by atoms with Crippen molar-refractivity contribution < 1.29 is 9.47 Å². The second kappa shape index (κ2) is 8.36. The Morgan fingerprint density at radius 3 is 2.56 bits per heavy atom. The quantitative estimate of drug-likeness (QED) is 0.417. The average molecular weight is 427 g/mol. The number of fused-ring (bicyclic) bond motifs is 3. The molecule has 1 atom stereocenters. The van der Waals surface area contributed by atoms with E-state index in [0.717, 1.165) is 30.0 Å². The number of hydrogen-bond donors (Lipinski definition) is 2. The summed E-state index contributed by atoms with van der Waals surface area (Å²) in [4.78, 5) is 3.72. The zero-order chi connectivity index (χ0) is 22.2. The lowest BCUT2D eigenvalue weighted by molar-refractivity contribution is 0.306. The summed E-state index contributed by atoms with van der Waals surface area (Å²) in [7, 11) is 1.74. The third kappa shape index (κ3) is 3.55. The highest BCUT2D eigenvalue weighted by molar-refractivity contribution is 5.87. The van der Waals surface area contributed by atoms with E-state index >= 15 is 0 Å². The van der Waals surface area contributed by atoms with Gasteiger partial charge in [0.1, 0.15) is 18.1 Å². The van der Waals surface area contributed by atoms with Gasteiger partial charge in [0.15, 0.2) is 0 Å². The van der Waals surface area contributed by atoms with Gasteiger partial charge in [0.25, 0.3) is 0 Å². The average Bonchev–Trinajstić information content (AvgIpc) is 3.19. The van der Waals surface area contributed by atoms with Crippen LogP contribution in [0.3, 0.4) is 0 Å². The van der Waals surface area contributed by atoms with Crippen LogP contribution in [0.2, 0.25) is 0 Å². The molecule has 1 aromatic heterocycles. The first-order valence-electron chi connectivity index (χ1n) is 11.3. The number of rotatable bonds is 5. The summed E-state index contributed by atoms with van der Waals surface area (Å²) in [6, 6.07) is 19.0. The van der Waals surface area contributed by atoms with Gasteiger partial charge in [-0.2, -0.15) is 0 Å². The molecule has 4 aromatic rings. The number of hydrogen-bond acceptors (Lipinski definition) is 3. The minimum Gasteiger partial charge on any atom is -0.496 e. The SMILES string of the molecule is COc1cc(C)c(C2NCCc3c2[nH]c2ccc(OCc4ccccc4)cc32)c(C)c1C. The molecule has 4 heteroatoms. The molecule has 1 aliphatic heterocycles. The van der Waals surface area contributed by atoms with Crippen LogP contribution in [0.5, 0.6) is 11.5 Å². The molecule has 0 bridgehead atoms. The normalized spacial score (nSPS) is 15.6. The van der Waals surface area contributed by atoms with Gasteiger partial charge in [-0.15, -0.1) is 0 Å². The van der Waals surface area contributed by atoms with Gasteiger partial charge in [-0.1, -0.05) is 30.3 Å². The van der Waals surface area contributed by atoms with Crippen molar-refractivity contribution in [1.82, 2.24) is 10.3 Å². The van der Waals surface area contributed by atoms with E-state index in [9.17, 15) is 0 Å². The van der Waals surface area contributed by atoms with Crippen molar-refractivity contribution in [2.75, 3.05) is 13.7 Å². The molecule has 1 aliphatic rings. The predicted molar refractivity (Wildman–Crippen MR) is 130 cm³/mol. The Bertz CT molecular complexity index is 1270. The topological polar surface area (TPSA) is 46.3 Å². The van der Waals surface area contributed by atoms with Gasteiger partial charge < -0.3 is 19.8 Å². The minimum absolute atomic E-state index is 0.143. The highest BCUT2D eigenvalue weighted by Crippen LogP contribution is 2.39. The fourth-order valence-electron chi connectivity index (χ4n) is 5.01. The van der Waals surface area contributed by atoms with Crippen molar-refractivity contribution in [1.29, 1.82) is 0 Å². The van der Waals surface area contributed by atoms with Gasteiger partial charge in [-0.05, 0) is 84.8 Å². The monoisotopic (exact) mass is 426 g/mol. The van der Waals surface area contributed by atoms with Gasteiger partial charge in [-0.3, -0.25) is 0 Å². The van der Waals surface area contributed by atoms with Crippen LogP contribution in [0.25, 0.3) is 10.9 Å². The number of nitrogens with one attached hydrogen (secondary N) is 2. The molecule has 0 spiro atoms. The molecule has 4 nitrogen and oxygen atoms in total. The third-order valence-corrected chi connectivity index (χ3v) is 6.79. The Hall–Kier alpha value is -3.24. The number of H-pyrrole nitrogens is 1. The summed E-state index contributed by atoms with van der Waals surface area (Å²) in [5.74, 6) is 1.86. The number of methoxy groups -OCH3 is 1. The van der Waals surface area contributed by atoms with Crippen molar-refractivity contribution in [3.63, 3.8) is 0 Å². The van der Waals surface area contributed by atoms with Crippen LogP contribution in [0, 0.1) is 20.8 Å². The molecule has 0 saturated heterocycles. The molecule has 2 N–H and O–H groups in total. The molecule has 164 valence electrons. The van der Waals surface area contributed by atoms with Gasteiger partial charge in [0.05, 0.1) is 13.2 Å². The maximum atomic E-state index is 6.11. The molecule has 2 heterocycles. The number of ether oxygens (including phenoxy) is 2. The lowest BCUT2D eigenvalue weighted by Gasteiger charge is -2.29. The van der Waals surface area contributed by atoms with Crippen molar-refractivity contribution in [2.24, 2.45) is 0 Å². The maximum Gasteiger partial charge on any atom is 0.122 e. The first-order valence-corrected chi connectivity index (χ1v) is 11.3. The molecule has 5 rings (SSSR count). The second-order valence-electron chi connectivity index (χ2n) is 8.70. The van der Waals surface area contributed by atoms with E-state index in [2.05, 4.69) is 67.5 Å². The number of aryl methyl sites for hydroxylation is 1. The lowest BCUT2D eigenvalue weighted by atomic mass is 9.87. The van der Waals surface area contributed by atoms with Crippen LogP contribution in [-0.4, -0.2) is 18.6 Å². The first-order chi connectivity index (χ1) is 15.6. The summed E-state index contributed by atoms with van der Waals surface area (Å²) in [5.41, 5.74) is 10.1. The van der Waals surface area contributed by atoms with Gasteiger partial charge in [0.2, 0.25) is 0 Å². The molecule has 3 aromatic carbocycles. The zero-order valence-corrected chi connectivity index (χ0v) is 19.2. The Kier molecular flexibility index (Phi) is 5.40. The molecule has 0 amide bonds. The summed E-state index contributed by atoms with van der Waals surface area (Å²) >= 11 is 0. The Balaban J connectivity index is 1.52. The molecule has 0 aliphatic carbocycles. The van der Waals surface area contributed by atoms with Gasteiger partial charge in [-0.25, -0.2) is 0 Å². The lowest BCUT2D eigenvalue weighted by Crippen LogP contribution is -2.31. The Morgan fingerprint density at radius 1 is 0.969 bits per heavy atom. The van der Waals surface area contributed by atoms with Crippen molar-refractivity contribution in [3.05, 3.63) is 93.7 Å². The summed E-state index contributed by atoms with van der Waals surface area (Å²) in [6.45, 7) is 8.05. The smallest absolute Gasteiger partial charge is 0.122 e. The number of aromatic nitrogens is 1. The molecule has 0 saturated carbocycles. The van der Waals surface area contributed by atoms with Gasteiger partial charge >= 0.3 is 0 Å². The Morgan fingerprint density at radius 2 is 1.78 bits per heavy atom. The predicted octanol–water partition coefficient (Wildman–Crippen LogP) is 5.92. The highest BCUT2D eigenvalue weighted by atomic mass is 16.5. The van der Waals surface area contributed by atoms with Crippen LogP contribution in [0.4, 0.5) is 0 Å². The molecule has 0 radical (unpaired) electrons. The van der Waals surface area contributed by atoms with E-state index in [1.165, 1.54) is 44.5 Å². The minimum atomic E-state index is 0.143. The fraction of sp³-hybridized carbons (Fsp3) is 0.286. The maximum absolute atomic E-state index is 6.11. The van der Waals surface area contributed by atoms with Crippen molar-refractivity contribution in [3.8, 4) is 11.5 Å². The third-order valence-electron chi connectivity index (χ3n) is 6.79. The number of aromatic amines is 1.